The van der Waals surface area contributed by atoms with E-state index >= 15 is 0 Å². The van der Waals surface area contributed by atoms with Gasteiger partial charge in [0.25, 0.3) is 0 Å². The molecule has 1 aliphatic heterocycles. The normalized spacial score (nSPS) is 52.9. The number of ketones is 2. The molecule has 5 rings (SSSR count). The number of Topliss-reactive ketones (excluding diaryl/α,β-unsaturated/α-hetero) is 2. The Hall–Kier alpha value is -0.780. The maximum Gasteiger partial charge on any atom is 0.137 e. The Morgan fingerprint density at radius 3 is 2.52 bits per heavy atom. The molecule has 0 aromatic carbocycles. The van der Waals surface area contributed by atoms with Crippen LogP contribution in [0, 0.1) is 46.3 Å². The summed E-state index contributed by atoms with van der Waals surface area (Å²) in [6.45, 7) is 11.8. The number of morpholine rings is 1. The van der Waals surface area contributed by atoms with Gasteiger partial charge in [-0.25, -0.2) is 0 Å². The molecule has 0 aromatic rings. The van der Waals surface area contributed by atoms with Crippen molar-refractivity contribution in [3.05, 3.63) is 0 Å². The molecule has 1 heterocycles. The minimum absolute atomic E-state index is 0.0298. The summed E-state index contributed by atoms with van der Waals surface area (Å²) in [6.07, 6.45) is 5.30. The van der Waals surface area contributed by atoms with E-state index in [9.17, 15) is 14.7 Å². The molecule has 0 amide bonds. The van der Waals surface area contributed by atoms with Gasteiger partial charge in [0.1, 0.15) is 11.6 Å². The third-order valence-electron chi connectivity index (χ3n) is 10.7. The molecule has 174 valence electrons. The van der Waals surface area contributed by atoms with Gasteiger partial charge in [0.2, 0.25) is 0 Å². The van der Waals surface area contributed by atoms with Gasteiger partial charge in [0, 0.05) is 37.4 Å². The van der Waals surface area contributed by atoms with Gasteiger partial charge in [-0.2, -0.15) is 0 Å². The second kappa shape index (κ2) is 7.63. The van der Waals surface area contributed by atoms with Crippen molar-refractivity contribution in [2.75, 3.05) is 26.3 Å². The average Bonchev–Trinajstić information content (AvgIpc) is 2.98. The van der Waals surface area contributed by atoms with Gasteiger partial charge in [-0.05, 0) is 73.5 Å². The molecule has 31 heavy (non-hydrogen) atoms. The first-order valence-electron chi connectivity index (χ1n) is 12.7. The lowest BCUT2D eigenvalue weighted by Gasteiger charge is -2.61. The monoisotopic (exact) mass is 431 g/mol. The van der Waals surface area contributed by atoms with Crippen LogP contribution in [0.5, 0.6) is 0 Å². The highest BCUT2D eigenvalue weighted by Crippen LogP contribution is 2.67. The average molecular weight is 432 g/mol. The molecule has 1 saturated heterocycles. The third kappa shape index (κ3) is 3.20. The van der Waals surface area contributed by atoms with Crippen molar-refractivity contribution >= 4 is 11.6 Å². The van der Waals surface area contributed by atoms with Crippen LogP contribution in [0.4, 0.5) is 0 Å². The minimum Gasteiger partial charge on any atom is -0.391 e. The predicted octanol–water partition coefficient (Wildman–Crippen LogP) is 3.33. The van der Waals surface area contributed by atoms with E-state index in [2.05, 4.69) is 25.7 Å². The molecule has 4 aliphatic carbocycles. The van der Waals surface area contributed by atoms with E-state index in [1.165, 1.54) is 0 Å². The first-order chi connectivity index (χ1) is 14.7. The van der Waals surface area contributed by atoms with Crippen molar-refractivity contribution < 1.29 is 19.4 Å². The van der Waals surface area contributed by atoms with Crippen molar-refractivity contribution in [2.45, 2.75) is 78.4 Å². The maximum atomic E-state index is 13.9. The molecule has 5 aliphatic rings. The second-order valence-electron chi connectivity index (χ2n) is 12.2. The smallest absolute Gasteiger partial charge is 0.137 e. The largest absolute Gasteiger partial charge is 0.391 e. The van der Waals surface area contributed by atoms with Crippen LogP contribution in [-0.4, -0.2) is 60.0 Å². The molecule has 4 saturated carbocycles. The Morgan fingerprint density at radius 1 is 1.13 bits per heavy atom. The summed E-state index contributed by atoms with van der Waals surface area (Å²) in [7, 11) is 0. The molecule has 0 spiro atoms. The van der Waals surface area contributed by atoms with Crippen LogP contribution in [-0.2, 0) is 14.3 Å². The lowest BCUT2D eigenvalue weighted by atomic mass is 9.43. The van der Waals surface area contributed by atoms with Crippen molar-refractivity contribution in [1.29, 1.82) is 0 Å². The zero-order valence-electron chi connectivity index (χ0n) is 19.8. The first-order valence-corrected chi connectivity index (χ1v) is 12.7. The molecule has 0 aromatic heterocycles. The van der Waals surface area contributed by atoms with E-state index in [1.807, 2.05) is 0 Å². The highest BCUT2D eigenvalue weighted by atomic mass is 16.5. The molecule has 10 atom stereocenters. The van der Waals surface area contributed by atoms with Crippen LogP contribution in [0.15, 0.2) is 0 Å². The SMILES string of the molecule is CC(=O)C1C(C)CC2C3CCC4CC(O)C(N5CCOCC5)CC4(C)C3C(=O)CC21C. The topological polar surface area (TPSA) is 66.8 Å². The van der Waals surface area contributed by atoms with E-state index in [4.69, 9.17) is 4.74 Å². The van der Waals surface area contributed by atoms with E-state index in [-0.39, 0.29) is 40.6 Å². The standard InChI is InChI=1S/C26H41NO4/c1-15-11-19-18-6-5-17-12-21(29)20(27-7-9-31-10-8-27)13-25(17,3)24(18)22(30)14-26(19,4)23(15)16(2)28/h15,17-21,23-24,29H,5-14H2,1-4H3. The van der Waals surface area contributed by atoms with Crippen molar-refractivity contribution in [1.82, 2.24) is 4.90 Å². The van der Waals surface area contributed by atoms with Gasteiger partial charge in [0.05, 0.1) is 19.3 Å². The molecule has 0 radical (unpaired) electrons. The van der Waals surface area contributed by atoms with Gasteiger partial charge >= 0.3 is 0 Å². The zero-order valence-corrected chi connectivity index (χ0v) is 19.8. The fourth-order valence-electron chi connectivity index (χ4n) is 9.61. The van der Waals surface area contributed by atoms with E-state index in [0.29, 0.717) is 35.9 Å². The number of hydrogen-bond acceptors (Lipinski definition) is 5. The van der Waals surface area contributed by atoms with Crippen LogP contribution < -0.4 is 0 Å². The van der Waals surface area contributed by atoms with Gasteiger partial charge < -0.3 is 9.84 Å². The van der Waals surface area contributed by atoms with Crippen molar-refractivity contribution in [2.24, 2.45) is 46.3 Å². The van der Waals surface area contributed by atoms with Gasteiger partial charge in [-0.3, -0.25) is 14.5 Å². The summed E-state index contributed by atoms with van der Waals surface area (Å²) in [5.41, 5.74) is -0.203. The van der Waals surface area contributed by atoms with Crippen molar-refractivity contribution in [3.63, 3.8) is 0 Å². The number of nitrogens with zero attached hydrogens (tertiary/aromatic N) is 1. The fourth-order valence-corrected chi connectivity index (χ4v) is 9.61. The van der Waals surface area contributed by atoms with Crippen LogP contribution in [0.3, 0.4) is 0 Å². The molecule has 5 nitrogen and oxygen atoms in total. The second-order valence-corrected chi connectivity index (χ2v) is 12.2. The first kappa shape index (κ1) is 22.0. The summed E-state index contributed by atoms with van der Waals surface area (Å²) in [5, 5.41) is 11.1. The molecule has 1 N–H and O–H groups in total. The molecule has 5 heteroatoms. The highest BCUT2D eigenvalue weighted by Gasteiger charge is 2.66. The Kier molecular flexibility index (Phi) is 5.42. The number of carbonyl (C=O) groups excluding carboxylic acids is 2. The lowest BCUT2D eigenvalue weighted by Crippen LogP contribution is -2.62. The van der Waals surface area contributed by atoms with Crippen LogP contribution in [0.25, 0.3) is 0 Å². The highest BCUT2D eigenvalue weighted by molar-refractivity contribution is 5.87. The number of hydrogen-bond donors (Lipinski definition) is 1. The minimum atomic E-state index is -0.301. The van der Waals surface area contributed by atoms with Crippen LogP contribution >= 0.6 is 0 Å². The summed E-state index contributed by atoms with van der Waals surface area (Å²) in [4.78, 5) is 28.9. The number of aliphatic hydroxyl groups is 1. The number of fused-ring (bicyclic) bond motifs is 5. The summed E-state index contributed by atoms with van der Waals surface area (Å²) in [6, 6.07) is 0.137. The molecule has 10 unspecified atom stereocenters. The fraction of sp³-hybridized carbons (Fsp3) is 0.923. The number of carbonyl (C=O) groups is 2. The van der Waals surface area contributed by atoms with Gasteiger partial charge in [-0.1, -0.05) is 20.8 Å². The summed E-state index contributed by atoms with van der Waals surface area (Å²) >= 11 is 0. The van der Waals surface area contributed by atoms with Gasteiger partial charge in [-0.15, -0.1) is 0 Å². The van der Waals surface area contributed by atoms with Crippen molar-refractivity contribution in [3.8, 4) is 0 Å². The van der Waals surface area contributed by atoms with Gasteiger partial charge in [0.15, 0.2) is 0 Å². The lowest BCUT2D eigenvalue weighted by molar-refractivity contribution is -0.171. The Bertz CT molecular complexity index is 748. The van der Waals surface area contributed by atoms with E-state index < -0.39 is 0 Å². The Balaban J connectivity index is 1.46. The molecular formula is C26H41NO4. The molecular weight excluding hydrogens is 390 g/mol. The van der Waals surface area contributed by atoms with Crippen LogP contribution in [0.1, 0.15) is 66.2 Å². The van der Waals surface area contributed by atoms with Crippen LogP contribution in [0.2, 0.25) is 0 Å². The predicted molar refractivity (Wildman–Crippen MR) is 118 cm³/mol. The quantitative estimate of drug-likeness (QED) is 0.726. The Morgan fingerprint density at radius 2 is 1.84 bits per heavy atom. The van der Waals surface area contributed by atoms with E-state index in [1.54, 1.807) is 6.92 Å². The molecule has 5 fully saturated rings. The number of aliphatic hydroxyl groups excluding tert-OH is 1. The Labute approximate surface area is 187 Å². The zero-order chi connectivity index (χ0) is 22.1. The maximum absolute atomic E-state index is 13.9. The summed E-state index contributed by atoms with van der Waals surface area (Å²) in [5.74, 6) is 2.49. The number of rotatable bonds is 2. The number of ether oxygens (including phenoxy) is 1. The molecule has 0 bridgehead atoms. The third-order valence-corrected chi connectivity index (χ3v) is 10.7. The van der Waals surface area contributed by atoms with E-state index in [0.717, 1.165) is 58.4 Å². The summed E-state index contributed by atoms with van der Waals surface area (Å²) < 4.78 is 5.55.